The molecule has 0 heterocycles. The van der Waals surface area contributed by atoms with Crippen LogP contribution in [0.25, 0.3) is 0 Å². The molecule has 0 atom stereocenters. The Balaban J connectivity index is 2.99. The van der Waals surface area contributed by atoms with Crippen LogP contribution in [0, 0.1) is 0 Å². The number of halogens is 4. The van der Waals surface area contributed by atoms with Crippen LogP contribution in [-0.4, -0.2) is 24.7 Å². The molecule has 0 aliphatic rings. The minimum Gasteiger partial charge on any atom is -0.381 e. The van der Waals surface area contributed by atoms with Crippen molar-refractivity contribution in [3.63, 3.8) is 0 Å². The maximum atomic E-state index is 11.7. The van der Waals surface area contributed by atoms with Crippen molar-refractivity contribution in [2.75, 3.05) is 18.5 Å². The first kappa shape index (κ1) is 14.2. The molecule has 0 aromatic rings. The number of alkyl halides is 4. The van der Waals surface area contributed by atoms with Crippen LogP contribution in [0.15, 0.2) is 0 Å². The summed E-state index contributed by atoms with van der Waals surface area (Å²) < 4.78 is 40.1. The van der Waals surface area contributed by atoms with E-state index in [2.05, 4.69) is 15.9 Å². The Kier molecular flexibility index (Phi) is 8.67. The van der Waals surface area contributed by atoms with Crippen molar-refractivity contribution in [2.24, 2.45) is 0 Å². The Morgan fingerprint density at radius 1 is 0.929 bits per heavy atom. The number of rotatable bonds is 8. The van der Waals surface area contributed by atoms with Gasteiger partial charge in [0.2, 0.25) is 0 Å². The standard InChI is InChI=1S/C9H16BrF3O/c10-6-2-1-3-7-14-8-4-5-9(11,12)13/h1-8H2. The Hall–Kier alpha value is 0.230. The number of unbranched alkanes of at least 4 members (excludes halogenated alkanes) is 2. The molecule has 0 saturated heterocycles. The van der Waals surface area contributed by atoms with Crippen molar-refractivity contribution in [3.8, 4) is 0 Å². The average molecular weight is 277 g/mol. The molecule has 0 rings (SSSR count). The zero-order chi connectivity index (χ0) is 10.9. The molecule has 0 radical (unpaired) electrons. The van der Waals surface area contributed by atoms with E-state index < -0.39 is 12.6 Å². The molecule has 0 bridgehead atoms. The fourth-order valence-corrected chi connectivity index (χ4v) is 1.35. The second-order valence-corrected chi connectivity index (χ2v) is 3.87. The van der Waals surface area contributed by atoms with Crippen molar-refractivity contribution in [1.82, 2.24) is 0 Å². The van der Waals surface area contributed by atoms with Crippen LogP contribution < -0.4 is 0 Å². The molecule has 0 amide bonds. The smallest absolute Gasteiger partial charge is 0.381 e. The van der Waals surface area contributed by atoms with Gasteiger partial charge in [0.05, 0.1) is 0 Å². The van der Waals surface area contributed by atoms with Gasteiger partial charge in [-0.25, -0.2) is 0 Å². The number of hydrogen-bond donors (Lipinski definition) is 0. The van der Waals surface area contributed by atoms with Crippen molar-refractivity contribution >= 4 is 15.9 Å². The van der Waals surface area contributed by atoms with E-state index in [1.165, 1.54) is 0 Å². The van der Waals surface area contributed by atoms with Crippen LogP contribution >= 0.6 is 15.9 Å². The van der Waals surface area contributed by atoms with E-state index >= 15 is 0 Å². The summed E-state index contributed by atoms with van der Waals surface area (Å²) in [5.74, 6) is 0. The molecule has 0 aliphatic carbocycles. The third-order valence-corrected chi connectivity index (χ3v) is 2.23. The van der Waals surface area contributed by atoms with Crippen molar-refractivity contribution in [2.45, 2.75) is 38.3 Å². The van der Waals surface area contributed by atoms with Gasteiger partial charge in [-0.05, 0) is 19.3 Å². The fraction of sp³-hybridized carbons (Fsp3) is 1.00. The fourth-order valence-electron chi connectivity index (χ4n) is 0.952. The molecule has 14 heavy (non-hydrogen) atoms. The Morgan fingerprint density at radius 2 is 1.57 bits per heavy atom. The summed E-state index contributed by atoms with van der Waals surface area (Å²) in [6.45, 7) is 0.790. The van der Waals surface area contributed by atoms with E-state index in [1.807, 2.05) is 0 Å². The van der Waals surface area contributed by atoms with Crippen molar-refractivity contribution < 1.29 is 17.9 Å². The van der Waals surface area contributed by atoms with Gasteiger partial charge in [-0.15, -0.1) is 0 Å². The average Bonchev–Trinajstić information content (AvgIpc) is 2.08. The predicted molar refractivity (Wildman–Crippen MR) is 53.8 cm³/mol. The highest BCUT2D eigenvalue weighted by Crippen LogP contribution is 2.20. The summed E-state index contributed by atoms with van der Waals surface area (Å²) in [6, 6.07) is 0. The Labute approximate surface area is 91.1 Å². The molecular weight excluding hydrogens is 261 g/mol. The van der Waals surface area contributed by atoms with E-state index in [1.54, 1.807) is 0 Å². The molecule has 0 spiro atoms. The predicted octanol–water partition coefficient (Wildman–Crippen LogP) is 3.91. The summed E-state index contributed by atoms with van der Waals surface area (Å²) in [5, 5.41) is 0.973. The van der Waals surface area contributed by atoms with E-state index in [4.69, 9.17) is 4.74 Å². The van der Waals surface area contributed by atoms with Crippen molar-refractivity contribution in [3.05, 3.63) is 0 Å². The second-order valence-electron chi connectivity index (χ2n) is 3.08. The highest BCUT2D eigenvalue weighted by molar-refractivity contribution is 9.09. The number of hydrogen-bond acceptors (Lipinski definition) is 1. The molecule has 1 nitrogen and oxygen atoms in total. The van der Waals surface area contributed by atoms with E-state index in [0.717, 1.165) is 24.6 Å². The van der Waals surface area contributed by atoms with E-state index in [-0.39, 0.29) is 13.0 Å². The Morgan fingerprint density at radius 3 is 2.14 bits per heavy atom. The summed E-state index contributed by atoms with van der Waals surface area (Å²) in [7, 11) is 0. The van der Waals surface area contributed by atoms with Gasteiger partial charge in [-0.3, -0.25) is 0 Å². The topological polar surface area (TPSA) is 9.23 Å². The zero-order valence-corrected chi connectivity index (χ0v) is 9.66. The molecule has 5 heteroatoms. The van der Waals surface area contributed by atoms with E-state index in [9.17, 15) is 13.2 Å². The molecular formula is C9H16BrF3O. The summed E-state index contributed by atoms with van der Waals surface area (Å²) >= 11 is 3.30. The molecule has 0 aliphatic heterocycles. The quantitative estimate of drug-likeness (QED) is 0.483. The van der Waals surface area contributed by atoms with Gasteiger partial charge in [0.25, 0.3) is 0 Å². The van der Waals surface area contributed by atoms with Crippen LogP contribution in [0.2, 0.25) is 0 Å². The summed E-state index contributed by atoms with van der Waals surface area (Å²) in [4.78, 5) is 0. The van der Waals surface area contributed by atoms with Crippen molar-refractivity contribution in [1.29, 1.82) is 0 Å². The SMILES string of the molecule is FC(F)(F)CCCOCCCCCBr. The maximum Gasteiger partial charge on any atom is 0.389 e. The highest BCUT2D eigenvalue weighted by atomic mass is 79.9. The highest BCUT2D eigenvalue weighted by Gasteiger charge is 2.25. The lowest BCUT2D eigenvalue weighted by atomic mass is 10.3. The van der Waals surface area contributed by atoms with Crippen LogP contribution in [0.5, 0.6) is 0 Å². The third kappa shape index (κ3) is 12.2. The molecule has 0 aromatic carbocycles. The minimum atomic E-state index is -4.04. The molecule has 86 valence electrons. The first-order valence-electron chi connectivity index (χ1n) is 4.77. The summed E-state index contributed by atoms with van der Waals surface area (Å²) in [6.07, 6.45) is -1.64. The van der Waals surface area contributed by atoms with Gasteiger partial charge in [0, 0.05) is 25.0 Å². The Bertz CT molecular complexity index is 128. The van der Waals surface area contributed by atoms with Gasteiger partial charge < -0.3 is 4.74 Å². The normalized spacial score (nSPS) is 12.0. The minimum absolute atomic E-state index is 0.0714. The summed E-state index contributed by atoms with van der Waals surface area (Å²) in [5.41, 5.74) is 0. The molecule has 0 fully saturated rings. The lowest BCUT2D eigenvalue weighted by Gasteiger charge is -2.06. The van der Waals surface area contributed by atoms with Crippen LogP contribution in [0.1, 0.15) is 32.1 Å². The lowest BCUT2D eigenvalue weighted by molar-refractivity contribution is -0.137. The molecule has 0 N–H and O–H groups in total. The van der Waals surface area contributed by atoms with Gasteiger partial charge in [0.15, 0.2) is 0 Å². The van der Waals surface area contributed by atoms with Gasteiger partial charge in [0.1, 0.15) is 0 Å². The molecule has 0 aromatic heterocycles. The van der Waals surface area contributed by atoms with Crippen LogP contribution in [0.3, 0.4) is 0 Å². The monoisotopic (exact) mass is 276 g/mol. The third-order valence-electron chi connectivity index (χ3n) is 1.67. The van der Waals surface area contributed by atoms with Gasteiger partial charge in [-0.2, -0.15) is 13.2 Å². The second kappa shape index (κ2) is 8.53. The van der Waals surface area contributed by atoms with Gasteiger partial charge in [-0.1, -0.05) is 22.4 Å². The van der Waals surface area contributed by atoms with Crippen LogP contribution in [0.4, 0.5) is 13.2 Å². The van der Waals surface area contributed by atoms with Crippen LogP contribution in [-0.2, 0) is 4.74 Å². The molecule has 0 saturated carbocycles. The van der Waals surface area contributed by atoms with E-state index in [0.29, 0.717) is 6.61 Å². The lowest BCUT2D eigenvalue weighted by Crippen LogP contribution is -2.09. The number of ether oxygens (including phenoxy) is 1. The van der Waals surface area contributed by atoms with Gasteiger partial charge >= 0.3 is 6.18 Å². The first-order chi connectivity index (χ1) is 6.56. The largest absolute Gasteiger partial charge is 0.389 e. The first-order valence-corrected chi connectivity index (χ1v) is 5.89. The zero-order valence-electron chi connectivity index (χ0n) is 8.08. The maximum absolute atomic E-state index is 11.7. The molecule has 0 unspecified atom stereocenters.